The van der Waals surface area contributed by atoms with E-state index >= 15 is 0 Å². The lowest BCUT2D eigenvalue weighted by molar-refractivity contribution is -0.684. The van der Waals surface area contributed by atoms with E-state index in [0.717, 1.165) is 66.1 Å². The van der Waals surface area contributed by atoms with Gasteiger partial charge in [0.05, 0.1) is 35.5 Å². The number of anilines is 1. The maximum Gasteiger partial charge on any atom is 0.327 e. The van der Waals surface area contributed by atoms with Crippen LogP contribution < -0.4 is 52.4 Å². The third-order valence-electron chi connectivity index (χ3n) is 16.2. The number of carbonyl (C=O) groups is 7. The maximum absolute atomic E-state index is 14.3. The molecule has 20 nitrogen and oxygen atoms in total. The van der Waals surface area contributed by atoms with Crippen LogP contribution in [0.4, 0.5) is 11.5 Å². The Labute approximate surface area is 521 Å². The molecule has 21 heteroatoms. The third-order valence-corrected chi connectivity index (χ3v) is 16.4. The molecule has 0 saturated carbocycles. The van der Waals surface area contributed by atoms with Crippen LogP contribution in [0.5, 0.6) is 0 Å². The van der Waals surface area contributed by atoms with E-state index in [4.69, 9.17) is 27.7 Å². The molecule has 1 saturated heterocycles. The minimum Gasteiger partial charge on any atom is -0.481 e. The maximum atomic E-state index is 14.3. The molecule has 0 bridgehead atoms. The molecule has 1 fully saturated rings. The van der Waals surface area contributed by atoms with Gasteiger partial charge in [-0.3, -0.25) is 39.0 Å². The zero-order valence-electron chi connectivity index (χ0n) is 51.4. The lowest BCUT2D eigenvalue weighted by Gasteiger charge is -2.26. The zero-order valence-corrected chi connectivity index (χ0v) is 52.2. The lowest BCUT2D eigenvalue weighted by atomic mass is 9.81. The highest BCUT2D eigenvalue weighted by Crippen LogP contribution is 2.48. The number of hydrogen-bond acceptors (Lipinski definition) is 10. The summed E-state index contributed by atoms with van der Waals surface area (Å²) < 4.78 is 2.17. The molecule has 11 N–H and O–H groups in total. The van der Waals surface area contributed by atoms with Crippen LogP contribution in [0.15, 0.2) is 126 Å². The van der Waals surface area contributed by atoms with E-state index in [1.54, 1.807) is 30.3 Å². The van der Waals surface area contributed by atoms with Crippen molar-refractivity contribution in [2.24, 2.45) is 10.7 Å². The van der Waals surface area contributed by atoms with Crippen LogP contribution in [0, 0.1) is 5.41 Å². The number of rotatable bonds is 25. The third kappa shape index (κ3) is 18.0. The van der Waals surface area contributed by atoms with Crippen LogP contribution in [-0.4, -0.2) is 109 Å². The first-order chi connectivity index (χ1) is 42.1. The van der Waals surface area contributed by atoms with Crippen molar-refractivity contribution in [3.8, 4) is 0 Å². The Morgan fingerprint density at radius 3 is 2.17 bits per heavy atom. The number of aliphatic carboxylic acids is 1. The monoisotopic (exact) mass is 1220 g/mol. The van der Waals surface area contributed by atoms with E-state index < -0.39 is 78.1 Å². The number of carboxylic acid groups (broad SMARTS) is 1. The summed E-state index contributed by atoms with van der Waals surface area (Å²) in [6.45, 7) is 14.7. The highest BCUT2D eigenvalue weighted by atomic mass is 35.5. The van der Waals surface area contributed by atoms with E-state index in [2.05, 4.69) is 149 Å². The highest BCUT2D eigenvalue weighted by Gasteiger charge is 2.43. The summed E-state index contributed by atoms with van der Waals surface area (Å²) in [6, 6.07) is 22.2. The van der Waals surface area contributed by atoms with Crippen molar-refractivity contribution in [1.29, 1.82) is 5.41 Å². The van der Waals surface area contributed by atoms with Gasteiger partial charge >= 0.3 is 11.8 Å². The number of halogens is 1. The zero-order chi connectivity index (χ0) is 63.5. The molecule has 0 unspecified atom stereocenters. The number of hydrogen-bond donors (Lipinski definition) is 10. The predicted molar refractivity (Wildman–Crippen MR) is 343 cm³/mol. The van der Waals surface area contributed by atoms with Gasteiger partial charge in [0, 0.05) is 49.3 Å². The number of guanidine groups is 1. The SMILES string of the molecule is CCCC[n+]1cc(Cl)cc2c1N=C(/C=C/C(=C/C=C1\N(CCC)c3ccccc3C1(C)C)c1cccc(CCC(=O)NCCCC[C@@H]3NC(=O)[C@@H](Cc4ccccc4)NC(=O)[C@H](CC(=O)O)NC(=O)CNC(=O)[C@H](CCCNC(=N)N)NC3=O)c1)C2(C)C. The number of aromatic nitrogens is 1. The molecule has 3 aromatic carbocycles. The number of unbranched alkanes of at least 4 members (excludes halogenated alkanes) is 2. The number of aryl methyl sites for hydroxylation is 2. The van der Waals surface area contributed by atoms with Crippen LogP contribution in [0.25, 0.3) is 5.57 Å². The first kappa shape index (κ1) is 66.9. The number of pyridine rings is 1. The summed E-state index contributed by atoms with van der Waals surface area (Å²) >= 11 is 6.72. The molecule has 468 valence electrons. The summed E-state index contributed by atoms with van der Waals surface area (Å²) in [4.78, 5) is 102. The Morgan fingerprint density at radius 2 is 1.44 bits per heavy atom. The number of aliphatic imine (C=N–C) groups is 1. The lowest BCUT2D eigenvalue weighted by Crippen LogP contribution is -2.58. The molecule has 3 aliphatic rings. The van der Waals surface area contributed by atoms with E-state index in [-0.39, 0.29) is 62.5 Å². The molecule has 7 rings (SSSR count). The smallest absolute Gasteiger partial charge is 0.327 e. The standard InChI is InChI=1S/C67H85ClN12O8/c1-7-9-36-79-42-47(68)39-49-60(79)78-55(66(49,3)4)30-28-45(29-31-56-67(5,6)48-23-13-14-26-54(48)80(56)35-8-2)46-22-17-21-44(37-46)27-32-57(81)71-33-16-15-24-51-62(86)75-50(25-18-34-72-65(69)70)61(85)73-41-58(82)74-53(40-59(83)84)64(88)77-52(63(87)76-51)38-43-19-11-10-12-20-43/h10-14,17,19-23,26,28-31,37,39,42,50-53H,7-9,15-16,18,24-25,27,32-36,38,40-41H2,1-6H3,(H10-,69,70,71,72,73,74,75,76,77,81,82,83,84,85,86,87,88)/p+1/t50-,51-,52+,53-/m0/s1. The number of benzene rings is 3. The molecule has 4 aromatic rings. The van der Waals surface area contributed by atoms with Gasteiger partial charge in [0.1, 0.15) is 30.4 Å². The van der Waals surface area contributed by atoms with Crippen LogP contribution in [0.1, 0.15) is 134 Å². The number of nitrogens with zero attached hydrogens (tertiary/aromatic N) is 3. The second-order valence-corrected chi connectivity index (χ2v) is 24.1. The number of nitrogens with two attached hydrogens (primary N) is 1. The van der Waals surface area contributed by atoms with Crippen molar-refractivity contribution in [3.05, 3.63) is 154 Å². The van der Waals surface area contributed by atoms with Crippen molar-refractivity contribution < 1.29 is 43.2 Å². The fraction of sp³-hybridized carbons (Fsp3) is 0.433. The van der Waals surface area contributed by atoms with Gasteiger partial charge in [0.15, 0.2) is 11.7 Å². The minimum atomic E-state index is -1.62. The van der Waals surface area contributed by atoms with E-state index in [1.165, 1.54) is 16.9 Å². The average molecular weight is 1220 g/mol. The normalized spacial score (nSPS) is 19.9. The molecule has 4 atom stereocenters. The summed E-state index contributed by atoms with van der Waals surface area (Å²) in [5.41, 5.74) is 14.0. The predicted octanol–water partition coefficient (Wildman–Crippen LogP) is 6.79. The topological polar surface area (TPSA) is 293 Å². The van der Waals surface area contributed by atoms with Gasteiger partial charge in [0.2, 0.25) is 35.4 Å². The average Bonchev–Trinajstić information content (AvgIpc) is 2.46. The second kappa shape index (κ2) is 31.3. The van der Waals surface area contributed by atoms with Gasteiger partial charge in [-0.2, -0.15) is 0 Å². The van der Waals surface area contributed by atoms with Crippen LogP contribution in [0.3, 0.4) is 0 Å². The highest BCUT2D eigenvalue weighted by molar-refractivity contribution is 6.30. The molecular formula is C67H86ClN12O8+. The van der Waals surface area contributed by atoms with Crippen LogP contribution in [0.2, 0.25) is 5.02 Å². The van der Waals surface area contributed by atoms with Gasteiger partial charge < -0.3 is 53.0 Å². The molecule has 4 heterocycles. The Morgan fingerprint density at radius 1 is 0.773 bits per heavy atom. The summed E-state index contributed by atoms with van der Waals surface area (Å²) in [6.07, 6.45) is 14.5. The fourth-order valence-corrected chi connectivity index (χ4v) is 11.6. The molecule has 1 aromatic heterocycles. The first-order valence-electron chi connectivity index (χ1n) is 30.6. The van der Waals surface area contributed by atoms with E-state index in [1.807, 2.05) is 24.4 Å². The molecule has 0 radical (unpaired) electrons. The number of carbonyl (C=O) groups excluding carboxylic acids is 6. The molecular weight excluding hydrogens is 1140 g/mol. The Kier molecular flexibility index (Phi) is 23.8. The Balaban J connectivity index is 1.07. The molecule has 3 aliphatic heterocycles. The summed E-state index contributed by atoms with van der Waals surface area (Å²) in [5.74, 6) is -5.03. The largest absolute Gasteiger partial charge is 0.481 e. The molecule has 88 heavy (non-hydrogen) atoms. The van der Waals surface area contributed by atoms with Crippen LogP contribution >= 0.6 is 11.6 Å². The van der Waals surface area contributed by atoms with Crippen molar-refractivity contribution >= 4 is 81.8 Å². The van der Waals surface area contributed by atoms with E-state index in [9.17, 15) is 38.7 Å². The molecule has 6 amide bonds. The van der Waals surface area contributed by atoms with Crippen molar-refractivity contribution in [3.63, 3.8) is 0 Å². The van der Waals surface area contributed by atoms with Crippen LogP contribution in [-0.2, 0) is 63.8 Å². The Hall–Kier alpha value is -8.65. The first-order valence-corrected chi connectivity index (χ1v) is 30.9. The number of carboxylic acids is 1. The van der Waals surface area contributed by atoms with Gasteiger partial charge in [-0.25, -0.2) is 4.57 Å². The van der Waals surface area contributed by atoms with Gasteiger partial charge in [0.25, 0.3) is 0 Å². The number of allylic oxidation sites excluding steroid dienone is 6. The number of nitrogens with one attached hydrogen (secondary N) is 8. The van der Waals surface area contributed by atoms with Gasteiger partial charge in [-0.05, 0) is 122 Å². The minimum absolute atomic E-state index is 0.0357. The van der Waals surface area contributed by atoms with Crippen molar-refractivity contribution in [2.45, 2.75) is 160 Å². The Bertz CT molecular complexity index is 3340. The quantitative estimate of drug-likeness (QED) is 0.0108. The number of amides is 6. The fourth-order valence-electron chi connectivity index (χ4n) is 11.3. The van der Waals surface area contributed by atoms with Gasteiger partial charge in [-0.15, -0.1) is 0 Å². The molecule has 0 spiro atoms. The number of para-hydroxylation sites is 1. The second-order valence-electron chi connectivity index (χ2n) is 23.7. The van der Waals surface area contributed by atoms with Crippen molar-refractivity contribution in [2.75, 3.05) is 31.1 Å². The number of fused-ring (bicyclic) bond motifs is 2. The van der Waals surface area contributed by atoms with Crippen molar-refractivity contribution in [1.82, 2.24) is 37.2 Å². The van der Waals surface area contributed by atoms with Gasteiger partial charge in [-0.1, -0.05) is 131 Å². The van der Waals surface area contributed by atoms with E-state index in [0.29, 0.717) is 29.8 Å². The summed E-state index contributed by atoms with van der Waals surface area (Å²) in [7, 11) is 0. The molecule has 0 aliphatic carbocycles. The summed E-state index contributed by atoms with van der Waals surface area (Å²) in [5, 5.41) is 36.4.